The number of carboxylic acids is 2. The molecule has 5 unspecified atom stereocenters. The first kappa shape index (κ1) is 28.2. The van der Waals surface area contributed by atoms with Crippen molar-refractivity contribution in [3.8, 4) is 0 Å². The number of hydrogen-bond donors (Lipinski definition) is 9. The second kappa shape index (κ2) is 12.6. The molecule has 196 valence electrons. The Labute approximate surface area is 204 Å². The van der Waals surface area contributed by atoms with Gasteiger partial charge < -0.3 is 47.1 Å². The summed E-state index contributed by atoms with van der Waals surface area (Å²) in [7, 11) is 0. The van der Waals surface area contributed by atoms with Crippen molar-refractivity contribution >= 4 is 40.6 Å². The number of amides is 3. The lowest BCUT2D eigenvalue weighted by Crippen LogP contribution is -2.59. The summed E-state index contributed by atoms with van der Waals surface area (Å²) in [6.07, 6.45) is -0.688. The predicted molar refractivity (Wildman–Crippen MR) is 124 cm³/mol. The maximum absolute atomic E-state index is 13.0. The number of aliphatic hydroxyl groups is 2. The number of carboxylic acid groups (broad SMARTS) is 2. The van der Waals surface area contributed by atoms with Crippen LogP contribution in [0, 0.1) is 0 Å². The SMILES string of the molecule is CC(O)C(N)C(=O)NC(CO)C(=O)NC(Cc1c[nH]c2ccccc12)C(=O)NC(CC(=O)O)C(=O)O. The van der Waals surface area contributed by atoms with Crippen LogP contribution in [0.1, 0.15) is 18.9 Å². The van der Waals surface area contributed by atoms with E-state index in [0.29, 0.717) is 5.56 Å². The fourth-order valence-electron chi connectivity index (χ4n) is 3.33. The molecule has 1 aromatic heterocycles. The number of aliphatic carboxylic acids is 2. The average Bonchev–Trinajstić information content (AvgIpc) is 3.23. The number of hydrogen-bond acceptors (Lipinski definition) is 8. The summed E-state index contributed by atoms with van der Waals surface area (Å²) < 4.78 is 0. The third-order valence-electron chi connectivity index (χ3n) is 5.36. The van der Waals surface area contributed by atoms with Crippen molar-refractivity contribution in [3.63, 3.8) is 0 Å². The number of nitrogens with two attached hydrogens (primary N) is 1. The van der Waals surface area contributed by atoms with Gasteiger partial charge in [0.2, 0.25) is 17.7 Å². The number of carbonyl (C=O) groups is 5. The lowest BCUT2D eigenvalue weighted by molar-refractivity contribution is -0.147. The Kier molecular flexibility index (Phi) is 9.90. The van der Waals surface area contributed by atoms with E-state index in [9.17, 15) is 39.3 Å². The molecule has 36 heavy (non-hydrogen) atoms. The Hall–Kier alpha value is -4.01. The topological polar surface area (TPSA) is 244 Å². The molecule has 0 spiro atoms. The van der Waals surface area contributed by atoms with Crippen molar-refractivity contribution in [2.45, 2.75) is 50.0 Å². The monoisotopic (exact) mass is 507 g/mol. The number of aliphatic hydroxyl groups excluding tert-OH is 2. The zero-order chi connectivity index (χ0) is 27.0. The second-order valence-electron chi connectivity index (χ2n) is 8.13. The molecule has 0 fully saturated rings. The highest BCUT2D eigenvalue weighted by atomic mass is 16.4. The van der Waals surface area contributed by atoms with Crippen molar-refractivity contribution < 1.29 is 44.4 Å². The maximum atomic E-state index is 13.0. The smallest absolute Gasteiger partial charge is 0.326 e. The van der Waals surface area contributed by atoms with Gasteiger partial charge >= 0.3 is 11.9 Å². The standard InChI is InChI=1S/C22H29N5O9/c1-10(29)18(23)21(34)27-16(9-28)20(33)25-14(19(32)26-15(22(35)36)7-17(30)31)6-11-8-24-13-5-3-2-4-12(11)13/h2-5,8,10,14-16,18,24,28-29H,6-7,9,23H2,1H3,(H,25,33)(H,26,32)(H,27,34)(H,30,31)(H,35,36). The third-order valence-corrected chi connectivity index (χ3v) is 5.36. The number of rotatable bonds is 13. The Bertz CT molecular complexity index is 1120. The van der Waals surface area contributed by atoms with Crippen LogP contribution in [-0.4, -0.2) is 91.9 Å². The Morgan fingerprint density at radius 1 is 0.944 bits per heavy atom. The van der Waals surface area contributed by atoms with Crippen molar-refractivity contribution in [2.75, 3.05) is 6.61 Å². The molecule has 5 atom stereocenters. The number of nitrogens with one attached hydrogen (secondary N) is 4. The van der Waals surface area contributed by atoms with Crippen LogP contribution in [0.15, 0.2) is 30.5 Å². The molecular formula is C22H29N5O9. The van der Waals surface area contributed by atoms with Crippen LogP contribution in [0.25, 0.3) is 10.9 Å². The van der Waals surface area contributed by atoms with Gasteiger partial charge in [-0.15, -0.1) is 0 Å². The molecule has 0 saturated heterocycles. The average molecular weight is 508 g/mol. The molecule has 0 bridgehead atoms. The molecule has 2 rings (SSSR count). The molecule has 14 heteroatoms. The number of benzene rings is 1. The van der Waals surface area contributed by atoms with Crippen LogP contribution >= 0.6 is 0 Å². The van der Waals surface area contributed by atoms with Gasteiger partial charge in [-0.1, -0.05) is 18.2 Å². The number of aromatic amines is 1. The summed E-state index contributed by atoms with van der Waals surface area (Å²) in [4.78, 5) is 63.3. The summed E-state index contributed by atoms with van der Waals surface area (Å²) in [5.41, 5.74) is 6.85. The van der Waals surface area contributed by atoms with Crippen molar-refractivity contribution in [3.05, 3.63) is 36.0 Å². The van der Waals surface area contributed by atoms with Gasteiger partial charge in [0, 0.05) is 23.5 Å². The Morgan fingerprint density at radius 2 is 1.53 bits per heavy atom. The maximum Gasteiger partial charge on any atom is 0.326 e. The number of H-pyrrole nitrogens is 1. The van der Waals surface area contributed by atoms with Crippen LogP contribution < -0.4 is 21.7 Å². The summed E-state index contributed by atoms with van der Waals surface area (Å²) in [5.74, 6) is -5.96. The van der Waals surface area contributed by atoms with E-state index in [4.69, 9.17) is 10.8 Å². The zero-order valence-electron chi connectivity index (χ0n) is 19.3. The Balaban J connectivity index is 2.28. The summed E-state index contributed by atoms with van der Waals surface area (Å²) >= 11 is 0. The molecule has 0 aliphatic heterocycles. The minimum Gasteiger partial charge on any atom is -0.481 e. The van der Waals surface area contributed by atoms with Crippen LogP contribution in [0.3, 0.4) is 0 Å². The Morgan fingerprint density at radius 3 is 2.11 bits per heavy atom. The van der Waals surface area contributed by atoms with Crippen molar-refractivity contribution in [1.82, 2.24) is 20.9 Å². The quantitative estimate of drug-likeness (QED) is 0.137. The second-order valence-corrected chi connectivity index (χ2v) is 8.13. The van der Waals surface area contributed by atoms with Crippen LogP contribution in [0.2, 0.25) is 0 Å². The molecular weight excluding hydrogens is 478 g/mol. The first-order chi connectivity index (χ1) is 16.9. The van der Waals surface area contributed by atoms with Gasteiger partial charge in [-0.25, -0.2) is 4.79 Å². The van der Waals surface area contributed by atoms with E-state index >= 15 is 0 Å². The summed E-state index contributed by atoms with van der Waals surface area (Å²) in [6.45, 7) is 0.387. The predicted octanol–water partition coefficient (Wildman–Crippen LogP) is -2.58. The number of fused-ring (bicyclic) bond motifs is 1. The molecule has 0 saturated carbocycles. The summed E-state index contributed by atoms with van der Waals surface area (Å²) in [6, 6.07) is 0.963. The van der Waals surface area contributed by atoms with E-state index in [1.807, 2.05) is 0 Å². The van der Waals surface area contributed by atoms with Crippen LogP contribution in [-0.2, 0) is 30.4 Å². The van der Waals surface area contributed by atoms with Crippen LogP contribution in [0.4, 0.5) is 0 Å². The van der Waals surface area contributed by atoms with Crippen molar-refractivity contribution in [1.29, 1.82) is 0 Å². The molecule has 0 aliphatic carbocycles. The van der Waals surface area contributed by atoms with E-state index in [2.05, 4.69) is 20.9 Å². The highest BCUT2D eigenvalue weighted by Crippen LogP contribution is 2.19. The normalized spacial score (nSPS) is 15.2. The highest BCUT2D eigenvalue weighted by molar-refractivity contribution is 5.95. The van der Waals surface area contributed by atoms with E-state index in [1.54, 1.807) is 30.5 Å². The van der Waals surface area contributed by atoms with E-state index < -0.39 is 73.0 Å². The lowest BCUT2D eigenvalue weighted by atomic mass is 10.0. The summed E-state index contributed by atoms with van der Waals surface area (Å²) in [5, 5.41) is 44.6. The first-order valence-corrected chi connectivity index (χ1v) is 10.9. The van der Waals surface area contributed by atoms with Crippen LogP contribution in [0.5, 0.6) is 0 Å². The molecule has 1 heterocycles. The lowest BCUT2D eigenvalue weighted by Gasteiger charge is -2.24. The van der Waals surface area contributed by atoms with Gasteiger partial charge in [0.25, 0.3) is 0 Å². The minimum atomic E-state index is -1.77. The first-order valence-electron chi connectivity index (χ1n) is 10.9. The molecule has 10 N–H and O–H groups in total. The molecule has 2 aromatic rings. The zero-order valence-corrected chi connectivity index (χ0v) is 19.3. The van der Waals surface area contributed by atoms with Crippen molar-refractivity contribution in [2.24, 2.45) is 5.73 Å². The van der Waals surface area contributed by atoms with Gasteiger partial charge in [-0.05, 0) is 18.6 Å². The third kappa shape index (κ3) is 7.49. The fraction of sp³-hybridized carbons (Fsp3) is 0.409. The fourth-order valence-corrected chi connectivity index (χ4v) is 3.33. The molecule has 1 aromatic carbocycles. The van der Waals surface area contributed by atoms with E-state index in [1.165, 1.54) is 6.92 Å². The molecule has 0 radical (unpaired) electrons. The largest absolute Gasteiger partial charge is 0.481 e. The molecule has 3 amide bonds. The van der Waals surface area contributed by atoms with Gasteiger partial charge in [-0.3, -0.25) is 19.2 Å². The van der Waals surface area contributed by atoms with Gasteiger partial charge in [0.15, 0.2) is 0 Å². The minimum absolute atomic E-state index is 0.139. The van der Waals surface area contributed by atoms with E-state index in [0.717, 1.165) is 10.9 Å². The molecule has 0 aliphatic rings. The van der Waals surface area contributed by atoms with Gasteiger partial charge in [-0.2, -0.15) is 0 Å². The van der Waals surface area contributed by atoms with Gasteiger partial charge in [0.05, 0.1) is 19.1 Å². The molecule has 14 nitrogen and oxygen atoms in total. The number of carbonyl (C=O) groups excluding carboxylic acids is 3. The number of aromatic nitrogens is 1. The highest BCUT2D eigenvalue weighted by Gasteiger charge is 2.32. The number of para-hydroxylation sites is 1. The van der Waals surface area contributed by atoms with Gasteiger partial charge in [0.1, 0.15) is 24.2 Å². The van der Waals surface area contributed by atoms with E-state index in [-0.39, 0.29) is 6.42 Å².